The lowest BCUT2D eigenvalue weighted by atomic mass is 10.1. The van der Waals surface area contributed by atoms with Crippen molar-refractivity contribution in [3.05, 3.63) is 0 Å². The van der Waals surface area contributed by atoms with Gasteiger partial charge >= 0.3 is 44.1 Å². The first kappa shape index (κ1) is 42.4. The SMILES string of the molecule is O=P(OC(F)C(F)C(F)C(F)(F)C(F)(F)F)(OC(F)C(F)C(F)C(F)(F)C(F)(F)F)OC(F)C(F)C(F)C(F)(F)C(F)(F)F. The molecule has 4 nitrogen and oxygen atoms in total. The van der Waals surface area contributed by atoms with Crippen molar-refractivity contribution in [2.45, 2.75) is 92.4 Å². The Morgan fingerprint density at radius 1 is 0.364 bits per heavy atom. The summed E-state index contributed by atoms with van der Waals surface area (Å²) in [6.45, 7) is 0. The van der Waals surface area contributed by atoms with Gasteiger partial charge in [0.2, 0.25) is 37.6 Å². The van der Waals surface area contributed by atoms with Crippen molar-refractivity contribution < 1.29 is 124 Å². The van der Waals surface area contributed by atoms with Gasteiger partial charge in [0.25, 0.3) is 0 Å². The first-order valence-electron chi connectivity index (χ1n) is 9.85. The fourth-order valence-electron chi connectivity index (χ4n) is 2.09. The molecule has 0 N–H and O–H groups in total. The van der Waals surface area contributed by atoms with Crippen LogP contribution in [0.5, 0.6) is 0 Å². The average Bonchev–Trinajstić information content (AvgIpc) is 2.83. The van der Waals surface area contributed by atoms with Crippen molar-refractivity contribution in [2.24, 2.45) is 0 Å². The molecule has 0 aromatic carbocycles. The van der Waals surface area contributed by atoms with E-state index in [0.29, 0.717) is 0 Å². The molecule has 0 aliphatic rings. The second-order valence-electron chi connectivity index (χ2n) is 7.72. The van der Waals surface area contributed by atoms with Crippen molar-refractivity contribution in [3.63, 3.8) is 0 Å². The van der Waals surface area contributed by atoms with E-state index in [2.05, 4.69) is 13.6 Å². The van der Waals surface area contributed by atoms with Crippen molar-refractivity contribution in [2.75, 3.05) is 0 Å². The van der Waals surface area contributed by atoms with E-state index in [0.717, 1.165) is 0 Å². The molecule has 0 bridgehead atoms. The molecular formula is C15H9F24O4P. The highest BCUT2D eigenvalue weighted by molar-refractivity contribution is 7.48. The molecular weight excluding hydrogens is 731 g/mol. The maximum Gasteiger partial charge on any atom is 0.482 e. The summed E-state index contributed by atoms with van der Waals surface area (Å²) in [6, 6.07) is 0. The Hall–Kier alpha value is -1.57. The smallest absolute Gasteiger partial charge is 0.248 e. The van der Waals surface area contributed by atoms with E-state index in [-0.39, 0.29) is 0 Å². The number of alkyl halides is 24. The molecule has 0 heterocycles. The van der Waals surface area contributed by atoms with Crippen LogP contribution in [0.1, 0.15) is 0 Å². The van der Waals surface area contributed by atoms with Crippen LogP contribution in [0.4, 0.5) is 105 Å². The molecule has 9 unspecified atom stereocenters. The molecule has 0 amide bonds. The van der Waals surface area contributed by atoms with Crippen molar-refractivity contribution in [3.8, 4) is 0 Å². The number of phosphoric acid groups is 1. The van der Waals surface area contributed by atoms with Crippen LogP contribution in [0.15, 0.2) is 0 Å². The fraction of sp³-hybridized carbons (Fsp3) is 1.00. The van der Waals surface area contributed by atoms with E-state index in [1.807, 2.05) is 0 Å². The third-order valence-corrected chi connectivity index (χ3v) is 5.83. The molecule has 0 saturated carbocycles. The van der Waals surface area contributed by atoms with Crippen molar-refractivity contribution >= 4 is 7.82 Å². The van der Waals surface area contributed by atoms with Gasteiger partial charge in [-0.25, -0.2) is 57.7 Å². The Balaban J connectivity index is 6.50. The van der Waals surface area contributed by atoms with E-state index in [1.54, 1.807) is 0 Å². The number of hydrogen-bond acceptors (Lipinski definition) is 4. The maximum atomic E-state index is 13.8. The number of halogens is 24. The lowest BCUT2D eigenvalue weighted by Gasteiger charge is -2.31. The summed E-state index contributed by atoms with van der Waals surface area (Å²) in [6.07, 6.45) is -69.8. The summed E-state index contributed by atoms with van der Waals surface area (Å²) in [5, 5.41) is 0. The highest BCUT2D eigenvalue weighted by atomic mass is 31.2. The molecule has 0 saturated heterocycles. The molecule has 0 fully saturated rings. The van der Waals surface area contributed by atoms with E-state index < -0.39 is 100 Å². The Morgan fingerprint density at radius 3 is 0.659 bits per heavy atom. The minimum atomic E-state index is -7.87. The summed E-state index contributed by atoms with van der Waals surface area (Å²) in [5.41, 5.74) is 0. The molecule has 0 spiro atoms. The zero-order valence-corrected chi connectivity index (χ0v) is 20.2. The van der Waals surface area contributed by atoms with E-state index in [4.69, 9.17) is 0 Å². The van der Waals surface area contributed by atoms with Crippen LogP contribution in [0.3, 0.4) is 0 Å². The third-order valence-electron chi connectivity index (χ3n) is 4.45. The van der Waals surface area contributed by atoms with Gasteiger partial charge in [-0.1, -0.05) is 0 Å². The summed E-state index contributed by atoms with van der Waals surface area (Å²) in [4.78, 5) is 0. The zero-order chi connectivity index (χ0) is 35.8. The van der Waals surface area contributed by atoms with Gasteiger partial charge < -0.3 is 0 Å². The van der Waals surface area contributed by atoms with Crippen LogP contribution in [-0.4, -0.2) is 92.4 Å². The quantitative estimate of drug-likeness (QED) is 0.125. The Morgan fingerprint density at radius 2 is 0.523 bits per heavy atom. The zero-order valence-electron chi connectivity index (χ0n) is 19.3. The number of hydrogen-bond donors (Lipinski definition) is 0. The van der Waals surface area contributed by atoms with Crippen LogP contribution >= 0.6 is 7.82 Å². The largest absolute Gasteiger partial charge is 0.482 e. The van der Waals surface area contributed by atoms with Gasteiger partial charge in [-0.3, -0.25) is 0 Å². The van der Waals surface area contributed by atoms with Gasteiger partial charge in [0.1, 0.15) is 0 Å². The van der Waals surface area contributed by atoms with Crippen molar-refractivity contribution in [1.29, 1.82) is 0 Å². The van der Waals surface area contributed by atoms with Crippen LogP contribution in [0.2, 0.25) is 0 Å². The highest BCUT2D eigenvalue weighted by Gasteiger charge is 2.69. The van der Waals surface area contributed by atoms with Gasteiger partial charge in [-0.15, -0.1) is 0 Å². The maximum absolute atomic E-state index is 13.8. The topological polar surface area (TPSA) is 44.8 Å². The van der Waals surface area contributed by atoms with Crippen LogP contribution in [0.25, 0.3) is 0 Å². The van der Waals surface area contributed by atoms with Crippen molar-refractivity contribution in [1.82, 2.24) is 0 Å². The standard InChI is InChI=1S/C15H9F24O4P/c16-1(4(19)10(25,26)13(31,32)33)7(22)41-44(40,42-8(23)2(17)5(20)11(27,28)14(34,35)36)43-9(24)3(18)6(21)12(29,30)15(37,38)39/h1-9H. The summed E-state index contributed by atoms with van der Waals surface area (Å²) < 4.78 is 328. The Bertz CT molecular complexity index is 848. The second-order valence-corrected chi connectivity index (χ2v) is 9.24. The van der Waals surface area contributed by atoms with Crippen LogP contribution in [-0.2, 0) is 18.1 Å². The van der Waals surface area contributed by atoms with Crippen LogP contribution < -0.4 is 0 Å². The average molecular weight is 740 g/mol. The molecule has 0 rings (SSSR count). The van der Waals surface area contributed by atoms with Gasteiger partial charge in [0.05, 0.1) is 0 Å². The van der Waals surface area contributed by atoms with Gasteiger partial charge in [-0.2, -0.15) is 65.9 Å². The molecule has 0 aliphatic heterocycles. The predicted octanol–water partition coefficient (Wildman–Crippen LogP) is 8.65. The molecule has 0 radical (unpaired) electrons. The van der Waals surface area contributed by atoms with Gasteiger partial charge in [0, 0.05) is 0 Å². The molecule has 29 heteroatoms. The number of rotatable bonds is 15. The summed E-state index contributed by atoms with van der Waals surface area (Å²) >= 11 is 0. The monoisotopic (exact) mass is 740 g/mol. The first-order valence-corrected chi connectivity index (χ1v) is 11.3. The lowest BCUT2D eigenvalue weighted by molar-refractivity contribution is -0.315. The van der Waals surface area contributed by atoms with Gasteiger partial charge in [-0.05, 0) is 0 Å². The van der Waals surface area contributed by atoms with Crippen LogP contribution in [0, 0.1) is 0 Å². The minimum Gasteiger partial charge on any atom is -0.248 e. The molecule has 266 valence electrons. The van der Waals surface area contributed by atoms with E-state index >= 15 is 0 Å². The summed E-state index contributed by atoms with van der Waals surface area (Å²) in [5.74, 6) is -21.0. The normalized spacial score (nSPS) is 22.3. The molecule has 9 atom stereocenters. The highest BCUT2D eigenvalue weighted by Crippen LogP contribution is 2.57. The minimum absolute atomic E-state index is 2.69. The second kappa shape index (κ2) is 13.7. The van der Waals surface area contributed by atoms with Gasteiger partial charge in [0.15, 0.2) is 18.5 Å². The number of phosphoric ester groups is 1. The fourth-order valence-corrected chi connectivity index (χ4v) is 3.32. The van der Waals surface area contributed by atoms with E-state index in [1.165, 1.54) is 0 Å². The molecule has 0 aliphatic carbocycles. The Kier molecular flexibility index (Phi) is 13.2. The lowest BCUT2D eigenvalue weighted by Crippen LogP contribution is -2.52. The molecule has 0 aromatic rings. The molecule has 44 heavy (non-hydrogen) atoms. The van der Waals surface area contributed by atoms with E-state index in [9.17, 15) is 110 Å². The molecule has 0 aromatic heterocycles. The third kappa shape index (κ3) is 9.25. The summed E-state index contributed by atoms with van der Waals surface area (Å²) in [7, 11) is -7.87. The Labute approximate surface area is 225 Å². The predicted molar refractivity (Wildman–Crippen MR) is 87.9 cm³/mol. The first-order chi connectivity index (χ1) is 19.1.